The molecule has 4 heterocycles. The van der Waals surface area contributed by atoms with Crippen LogP contribution in [0, 0.1) is 29.1 Å². The lowest BCUT2D eigenvalue weighted by Crippen LogP contribution is -2.70. The number of nitrogens with one attached hydrogen (secondary N) is 1. The summed E-state index contributed by atoms with van der Waals surface area (Å²) < 4.78 is 85.9. The molecule has 4 bridgehead atoms. The molecule has 2 aromatic heterocycles. The van der Waals surface area contributed by atoms with E-state index in [0.29, 0.717) is 54.2 Å². The summed E-state index contributed by atoms with van der Waals surface area (Å²) in [6.07, 6.45) is 7.23. The Bertz CT molecular complexity index is 2040. The van der Waals surface area contributed by atoms with Gasteiger partial charge in [0.2, 0.25) is 0 Å². The maximum Gasteiger partial charge on any atom is 0.434 e. The standard InChI is InChI=1S/C43H49F5N4O5/c44-41(45)20-51(21-41)28-1-3-30(4-2-28)57-31-5-6-32-34(19-52(36(32)18-31)29-9-11-40(12-10-29)22-56-23-40)35-8-7-33(37(49-35)43(46,47)48)38(53)50-42(39(54)55)26-14-24-13-25(16-26)17-27(42)15-24/h5-8,18-19,24-30H,1-4,9-17,20-23H2,(H,50,53)(H,54,55)/t24?,25?,26?,27?,28-,30-,42?. The Morgan fingerprint density at radius 2 is 1.54 bits per heavy atom. The first-order valence-corrected chi connectivity index (χ1v) is 20.8. The van der Waals surface area contributed by atoms with Gasteiger partial charge in [-0.05, 0) is 131 Å². The van der Waals surface area contributed by atoms with Crippen molar-refractivity contribution in [2.24, 2.45) is 29.1 Å². The summed E-state index contributed by atoms with van der Waals surface area (Å²) in [7, 11) is 0. The second kappa shape index (κ2) is 13.4. The van der Waals surface area contributed by atoms with Crippen LogP contribution >= 0.6 is 0 Å². The first kappa shape index (κ1) is 37.5. The van der Waals surface area contributed by atoms with Crippen molar-refractivity contribution >= 4 is 22.8 Å². The van der Waals surface area contributed by atoms with Crippen LogP contribution in [-0.4, -0.2) is 81.3 Å². The molecule has 0 unspecified atom stereocenters. The van der Waals surface area contributed by atoms with Crippen molar-refractivity contribution in [3.63, 3.8) is 0 Å². The van der Waals surface area contributed by atoms with Crippen LogP contribution in [0.25, 0.3) is 22.2 Å². The Balaban J connectivity index is 0.952. The molecule has 3 aromatic rings. The Morgan fingerprint density at radius 3 is 2.12 bits per heavy atom. The second-order valence-corrected chi connectivity index (χ2v) is 18.7. The molecule has 6 saturated carbocycles. The molecule has 9 nitrogen and oxygen atoms in total. The van der Waals surface area contributed by atoms with Gasteiger partial charge in [-0.3, -0.25) is 9.69 Å². The quantitative estimate of drug-likeness (QED) is 0.220. The van der Waals surface area contributed by atoms with Crippen LogP contribution in [0.15, 0.2) is 36.5 Å². The van der Waals surface area contributed by atoms with Crippen molar-refractivity contribution in [3.8, 4) is 17.0 Å². The highest BCUT2D eigenvalue weighted by Crippen LogP contribution is 2.58. The van der Waals surface area contributed by atoms with Gasteiger partial charge in [0.25, 0.3) is 11.8 Å². The molecule has 2 aliphatic heterocycles. The zero-order valence-corrected chi connectivity index (χ0v) is 31.8. The first-order chi connectivity index (χ1) is 27.2. The molecule has 8 aliphatic rings. The maximum atomic E-state index is 14.9. The minimum Gasteiger partial charge on any atom is -0.490 e. The van der Waals surface area contributed by atoms with Gasteiger partial charge >= 0.3 is 12.1 Å². The van der Waals surface area contributed by atoms with Gasteiger partial charge in [0.1, 0.15) is 11.3 Å². The number of carbonyl (C=O) groups excluding carboxylic acids is 1. The fraction of sp³-hybridized carbons (Fsp3) is 0.651. The van der Waals surface area contributed by atoms with Gasteiger partial charge < -0.3 is 24.5 Å². The highest BCUT2D eigenvalue weighted by atomic mass is 19.4. The van der Waals surface area contributed by atoms with E-state index in [1.807, 2.05) is 29.3 Å². The molecule has 57 heavy (non-hydrogen) atoms. The number of amides is 1. The van der Waals surface area contributed by atoms with Crippen molar-refractivity contribution < 1.29 is 46.1 Å². The Kier molecular flexibility index (Phi) is 8.79. The summed E-state index contributed by atoms with van der Waals surface area (Å²) in [5.41, 5.74) is -2.06. The van der Waals surface area contributed by atoms with Gasteiger partial charge in [-0.25, -0.2) is 18.6 Å². The van der Waals surface area contributed by atoms with Crippen LogP contribution < -0.4 is 10.1 Å². The summed E-state index contributed by atoms with van der Waals surface area (Å²) in [5.74, 6) is -4.05. The SMILES string of the molecule is O=C(NC1(C(=O)O)C2CC3CC(C2)CC1C3)c1ccc(-c2cn(C3CCC4(CC3)COC4)c3cc(O[C@H]4CC[C@H](N5CC(F)(F)C5)CC4)ccc23)nc1C(F)(F)F. The molecular formula is C43H49F5N4O5. The lowest BCUT2D eigenvalue weighted by atomic mass is 9.48. The van der Waals surface area contributed by atoms with Crippen LogP contribution in [-0.2, 0) is 15.7 Å². The lowest BCUT2D eigenvalue weighted by molar-refractivity contribution is -0.163. The highest BCUT2D eigenvalue weighted by molar-refractivity contribution is 6.00. The number of ether oxygens (including phenoxy) is 2. The molecule has 8 fully saturated rings. The van der Waals surface area contributed by atoms with Crippen LogP contribution in [0.3, 0.4) is 0 Å². The number of hydrogen-bond donors (Lipinski definition) is 2. The molecule has 11 rings (SSSR count). The van der Waals surface area contributed by atoms with E-state index in [1.54, 1.807) is 0 Å². The summed E-state index contributed by atoms with van der Waals surface area (Å²) in [5, 5.41) is 13.9. The van der Waals surface area contributed by atoms with E-state index >= 15 is 0 Å². The third kappa shape index (κ3) is 6.42. The van der Waals surface area contributed by atoms with Gasteiger partial charge in [-0.15, -0.1) is 0 Å². The minimum absolute atomic E-state index is 0.0634. The number of fused-ring (bicyclic) bond motifs is 1. The molecule has 1 spiro atoms. The number of pyridine rings is 1. The lowest BCUT2D eigenvalue weighted by Gasteiger charge is -2.59. The number of carboxylic acid groups (broad SMARTS) is 1. The summed E-state index contributed by atoms with van der Waals surface area (Å²) in [6, 6.07) is 8.42. The molecule has 14 heteroatoms. The largest absolute Gasteiger partial charge is 0.490 e. The smallest absolute Gasteiger partial charge is 0.434 e. The van der Waals surface area contributed by atoms with Gasteiger partial charge in [-0.2, -0.15) is 13.2 Å². The van der Waals surface area contributed by atoms with Crippen LogP contribution in [0.4, 0.5) is 22.0 Å². The number of benzene rings is 1. The summed E-state index contributed by atoms with van der Waals surface area (Å²) in [4.78, 5) is 32.8. The van der Waals surface area contributed by atoms with Crippen LogP contribution in [0.5, 0.6) is 5.75 Å². The Morgan fingerprint density at radius 1 is 0.877 bits per heavy atom. The fourth-order valence-corrected chi connectivity index (χ4v) is 12.3. The van der Waals surface area contributed by atoms with E-state index < -0.39 is 40.8 Å². The van der Waals surface area contributed by atoms with Gasteiger partial charge in [0.05, 0.1) is 49.2 Å². The van der Waals surface area contributed by atoms with E-state index in [4.69, 9.17) is 9.47 Å². The van der Waals surface area contributed by atoms with E-state index in [1.165, 1.54) is 6.07 Å². The summed E-state index contributed by atoms with van der Waals surface area (Å²) in [6.45, 7) is 1.13. The predicted octanol–water partition coefficient (Wildman–Crippen LogP) is 8.50. The van der Waals surface area contributed by atoms with Gasteiger partial charge in [0, 0.05) is 40.7 Å². The summed E-state index contributed by atoms with van der Waals surface area (Å²) >= 11 is 0. The van der Waals surface area contributed by atoms with E-state index in [-0.39, 0.29) is 54.2 Å². The third-order valence-corrected chi connectivity index (χ3v) is 15.1. The topological polar surface area (TPSA) is 106 Å². The van der Waals surface area contributed by atoms with Crippen molar-refractivity contribution in [2.75, 3.05) is 26.3 Å². The van der Waals surface area contributed by atoms with Gasteiger partial charge in [-0.1, -0.05) is 0 Å². The number of carboxylic acids is 1. The molecule has 2 saturated heterocycles. The number of halogens is 5. The average molecular weight is 797 g/mol. The molecule has 6 aliphatic carbocycles. The molecule has 306 valence electrons. The predicted molar refractivity (Wildman–Crippen MR) is 199 cm³/mol. The molecule has 1 aromatic carbocycles. The van der Waals surface area contributed by atoms with Crippen LogP contribution in [0.2, 0.25) is 0 Å². The molecule has 0 atom stereocenters. The number of rotatable bonds is 8. The van der Waals surface area contributed by atoms with Gasteiger partial charge in [0.15, 0.2) is 5.69 Å². The zero-order chi connectivity index (χ0) is 39.5. The van der Waals surface area contributed by atoms with Crippen molar-refractivity contribution in [1.29, 1.82) is 0 Å². The Labute approximate surface area is 327 Å². The van der Waals surface area contributed by atoms with E-state index in [9.17, 15) is 36.6 Å². The van der Waals surface area contributed by atoms with Crippen molar-refractivity contribution in [2.45, 2.75) is 119 Å². The Hall–Kier alpha value is -3.78. The zero-order valence-electron chi connectivity index (χ0n) is 31.8. The number of carbonyl (C=O) groups is 2. The number of likely N-dealkylation sites (tertiary alicyclic amines) is 1. The van der Waals surface area contributed by atoms with E-state index in [0.717, 1.165) is 82.6 Å². The second-order valence-electron chi connectivity index (χ2n) is 18.7. The van der Waals surface area contributed by atoms with Crippen molar-refractivity contribution in [1.82, 2.24) is 19.8 Å². The highest BCUT2D eigenvalue weighted by Gasteiger charge is 2.62. The molecule has 0 radical (unpaired) electrons. The molecule has 2 N–H and O–H groups in total. The monoisotopic (exact) mass is 796 g/mol. The number of hydrogen-bond acceptors (Lipinski definition) is 6. The molecule has 1 amide bonds. The minimum atomic E-state index is -4.99. The molecular weight excluding hydrogens is 747 g/mol. The normalized spacial score (nSPS) is 33.2. The number of aromatic nitrogens is 2. The average Bonchev–Trinajstić information content (AvgIpc) is 3.53. The number of nitrogens with zero attached hydrogens (tertiary/aromatic N) is 3. The van der Waals surface area contributed by atoms with Crippen LogP contribution in [0.1, 0.15) is 106 Å². The number of aliphatic carboxylic acids is 1. The van der Waals surface area contributed by atoms with Crippen molar-refractivity contribution in [3.05, 3.63) is 47.8 Å². The van der Waals surface area contributed by atoms with E-state index in [2.05, 4.69) is 14.9 Å². The first-order valence-electron chi connectivity index (χ1n) is 20.8. The maximum absolute atomic E-state index is 14.9. The number of alkyl halides is 5. The third-order valence-electron chi connectivity index (χ3n) is 15.1. The fourth-order valence-electron chi connectivity index (χ4n) is 12.3.